The predicted octanol–water partition coefficient (Wildman–Crippen LogP) is 0.717. The number of benzene rings is 1. The first-order valence-electron chi connectivity index (χ1n) is 4.88. The van der Waals surface area contributed by atoms with Crippen molar-refractivity contribution in [3.05, 3.63) is 30.3 Å². The molecule has 5 nitrogen and oxygen atoms in total. The van der Waals surface area contributed by atoms with E-state index in [1.807, 2.05) is 4.72 Å². The molecule has 1 rings (SSSR count). The first-order chi connectivity index (χ1) is 7.79. The van der Waals surface area contributed by atoms with Gasteiger partial charge in [0.1, 0.15) is 6.29 Å². The van der Waals surface area contributed by atoms with Gasteiger partial charge in [0.05, 0.1) is 10.3 Å². The Labute approximate surface area is 99.9 Å². The normalized spacial score (nSPS) is 11.9. The summed E-state index contributed by atoms with van der Waals surface area (Å²) in [5.74, 6) is -0.851. The fourth-order valence-corrected chi connectivity index (χ4v) is 2.11. The van der Waals surface area contributed by atoms with Gasteiger partial charge in [0.25, 0.3) is 10.0 Å². The Kier molecular flexibility index (Phi) is 3.67. The molecular formula is C11H13NO4S. The first-order valence-corrected chi connectivity index (χ1v) is 6.36. The van der Waals surface area contributed by atoms with E-state index in [2.05, 4.69) is 0 Å². The SMILES string of the molecule is CC(C)(C=O)C(=O)NS(=O)(=O)c1ccccc1. The van der Waals surface area contributed by atoms with Crippen molar-refractivity contribution in [1.82, 2.24) is 4.72 Å². The van der Waals surface area contributed by atoms with Crippen molar-refractivity contribution in [2.45, 2.75) is 18.7 Å². The van der Waals surface area contributed by atoms with Gasteiger partial charge in [-0.3, -0.25) is 4.79 Å². The third kappa shape index (κ3) is 3.13. The van der Waals surface area contributed by atoms with E-state index in [9.17, 15) is 18.0 Å². The summed E-state index contributed by atoms with van der Waals surface area (Å²) in [7, 11) is -3.91. The smallest absolute Gasteiger partial charge is 0.264 e. The first kappa shape index (κ1) is 13.4. The van der Waals surface area contributed by atoms with Crippen LogP contribution in [0.5, 0.6) is 0 Å². The van der Waals surface area contributed by atoms with Crippen LogP contribution in [0.15, 0.2) is 35.2 Å². The summed E-state index contributed by atoms with van der Waals surface area (Å²) in [5, 5.41) is 0. The minimum atomic E-state index is -3.91. The zero-order chi connectivity index (χ0) is 13.1. The van der Waals surface area contributed by atoms with E-state index in [0.717, 1.165) is 0 Å². The summed E-state index contributed by atoms with van der Waals surface area (Å²) in [6.07, 6.45) is 0.406. The Balaban J connectivity index is 2.97. The Morgan fingerprint density at radius 1 is 1.24 bits per heavy atom. The van der Waals surface area contributed by atoms with Gasteiger partial charge in [0.2, 0.25) is 5.91 Å². The van der Waals surface area contributed by atoms with Crippen LogP contribution < -0.4 is 4.72 Å². The fourth-order valence-electron chi connectivity index (χ4n) is 0.966. The lowest BCUT2D eigenvalue weighted by Crippen LogP contribution is -2.41. The predicted molar refractivity (Wildman–Crippen MR) is 61.6 cm³/mol. The molecule has 0 saturated heterocycles. The van der Waals surface area contributed by atoms with E-state index in [4.69, 9.17) is 0 Å². The highest BCUT2D eigenvalue weighted by molar-refractivity contribution is 7.90. The number of hydrogen-bond acceptors (Lipinski definition) is 4. The van der Waals surface area contributed by atoms with Crippen molar-refractivity contribution in [2.24, 2.45) is 5.41 Å². The highest BCUT2D eigenvalue weighted by atomic mass is 32.2. The monoisotopic (exact) mass is 255 g/mol. The molecule has 0 bridgehead atoms. The van der Waals surface area contributed by atoms with Crippen molar-refractivity contribution in [3.63, 3.8) is 0 Å². The zero-order valence-corrected chi connectivity index (χ0v) is 10.3. The second-order valence-corrected chi connectivity index (χ2v) is 5.77. The lowest BCUT2D eigenvalue weighted by Gasteiger charge is -2.16. The lowest BCUT2D eigenvalue weighted by molar-refractivity contribution is -0.132. The second-order valence-electron chi connectivity index (χ2n) is 4.09. The van der Waals surface area contributed by atoms with Crippen molar-refractivity contribution >= 4 is 22.2 Å². The largest absolute Gasteiger partial charge is 0.302 e. The molecule has 0 aliphatic carbocycles. The number of sulfonamides is 1. The Bertz CT molecular complexity index is 520. The Morgan fingerprint density at radius 2 is 1.76 bits per heavy atom. The molecule has 1 amide bonds. The van der Waals surface area contributed by atoms with Crippen molar-refractivity contribution in [2.75, 3.05) is 0 Å². The summed E-state index contributed by atoms with van der Waals surface area (Å²) in [5.41, 5.74) is -1.37. The molecule has 17 heavy (non-hydrogen) atoms. The van der Waals surface area contributed by atoms with Crippen molar-refractivity contribution in [3.8, 4) is 0 Å². The van der Waals surface area contributed by atoms with Crippen LogP contribution >= 0.6 is 0 Å². The maximum absolute atomic E-state index is 11.8. The van der Waals surface area contributed by atoms with Crippen LogP contribution in [-0.4, -0.2) is 20.6 Å². The maximum atomic E-state index is 11.8. The molecule has 0 spiro atoms. The molecule has 1 aromatic rings. The molecule has 1 aromatic carbocycles. The molecule has 0 fully saturated rings. The molecule has 0 aliphatic heterocycles. The summed E-state index contributed by atoms with van der Waals surface area (Å²) in [6, 6.07) is 7.48. The van der Waals surface area contributed by atoms with E-state index in [-0.39, 0.29) is 4.90 Å². The van der Waals surface area contributed by atoms with Crippen molar-refractivity contribution in [1.29, 1.82) is 0 Å². The highest BCUT2D eigenvalue weighted by Gasteiger charge is 2.30. The maximum Gasteiger partial charge on any atom is 0.264 e. The third-order valence-corrected chi connectivity index (χ3v) is 3.51. The zero-order valence-electron chi connectivity index (χ0n) is 9.51. The molecule has 6 heteroatoms. The molecule has 1 N–H and O–H groups in total. The van der Waals surface area contributed by atoms with Crippen molar-refractivity contribution < 1.29 is 18.0 Å². The van der Waals surface area contributed by atoms with Crippen LogP contribution in [0.25, 0.3) is 0 Å². The van der Waals surface area contributed by atoms with Crippen LogP contribution in [0.1, 0.15) is 13.8 Å². The van der Waals surface area contributed by atoms with Gasteiger partial charge in [-0.2, -0.15) is 0 Å². The number of amides is 1. The topological polar surface area (TPSA) is 80.3 Å². The average molecular weight is 255 g/mol. The van der Waals surface area contributed by atoms with Gasteiger partial charge in [-0.1, -0.05) is 18.2 Å². The van der Waals surface area contributed by atoms with Gasteiger partial charge in [0, 0.05) is 0 Å². The quantitative estimate of drug-likeness (QED) is 0.635. The van der Waals surface area contributed by atoms with E-state index in [0.29, 0.717) is 6.29 Å². The average Bonchev–Trinajstić information content (AvgIpc) is 2.29. The van der Waals surface area contributed by atoms with Gasteiger partial charge in [0.15, 0.2) is 0 Å². The molecule has 0 unspecified atom stereocenters. The third-order valence-electron chi connectivity index (χ3n) is 2.16. The summed E-state index contributed by atoms with van der Waals surface area (Å²) < 4.78 is 25.4. The molecule has 0 heterocycles. The van der Waals surface area contributed by atoms with Crippen LogP contribution in [0.2, 0.25) is 0 Å². The van der Waals surface area contributed by atoms with E-state index >= 15 is 0 Å². The molecule has 0 atom stereocenters. The Hall–Kier alpha value is -1.69. The molecule has 0 aliphatic rings. The lowest BCUT2D eigenvalue weighted by atomic mass is 9.95. The van der Waals surface area contributed by atoms with Crippen LogP contribution in [0, 0.1) is 5.41 Å². The summed E-state index contributed by atoms with van der Waals surface area (Å²) >= 11 is 0. The van der Waals surface area contributed by atoms with Crippen LogP contribution in [-0.2, 0) is 19.6 Å². The van der Waals surface area contributed by atoms with Crippen LogP contribution in [0.4, 0.5) is 0 Å². The van der Waals surface area contributed by atoms with Crippen LogP contribution in [0.3, 0.4) is 0 Å². The van der Waals surface area contributed by atoms with Gasteiger partial charge in [-0.05, 0) is 26.0 Å². The fraction of sp³-hybridized carbons (Fsp3) is 0.273. The number of nitrogens with one attached hydrogen (secondary N) is 1. The second kappa shape index (κ2) is 4.67. The van der Waals surface area contributed by atoms with E-state index < -0.39 is 21.3 Å². The molecule has 0 saturated carbocycles. The van der Waals surface area contributed by atoms with Gasteiger partial charge >= 0.3 is 0 Å². The van der Waals surface area contributed by atoms with Gasteiger partial charge < -0.3 is 4.79 Å². The van der Waals surface area contributed by atoms with Gasteiger partial charge in [-0.25, -0.2) is 13.1 Å². The van der Waals surface area contributed by atoms with E-state index in [1.54, 1.807) is 18.2 Å². The molecule has 0 radical (unpaired) electrons. The highest BCUT2D eigenvalue weighted by Crippen LogP contribution is 2.14. The summed E-state index contributed by atoms with van der Waals surface area (Å²) in [6.45, 7) is 2.69. The number of aldehydes is 1. The standard InChI is InChI=1S/C11H13NO4S/c1-11(2,8-13)10(14)12-17(15,16)9-6-4-3-5-7-9/h3-8H,1-2H3,(H,12,14). The minimum absolute atomic E-state index is 0.0185. The molecule has 92 valence electrons. The number of carbonyl (C=O) groups excluding carboxylic acids is 2. The number of carbonyl (C=O) groups is 2. The summed E-state index contributed by atoms with van der Waals surface area (Å²) in [4.78, 5) is 22.2. The minimum Gasteiger partial charge on any atom is -0.302 e. The number of rotatable bonds is 4. The van der Waals surface area contributed by atoms with E-state index in [1.165, 1.54) is 26.0 Å². The number of hydrogen-bond donors (Lipinski definition) is 1. The molecule has 0 aromatic heterocycles. The Morgan fingerprint density at radius 3 is 2.24 bits per heavy atom. The molecular weight excluding hydrogens is 242 g/mol. The van der Waals surface area contributed by atoms with Gasteiger partial charge in [-0.15, -0.1) is 0 Å².